The first-order valence-corrected chi connectivity index (χ1v) is 6.42. The predicted molar refractivity (Wildman–Crippen MR) is 73.0 cm³/mol. The molecule has 0 unspecified atom stereocenters. The third-order valence-electron chi connectivity index (χ3n) is 2.36. The monoisotopic (exact) mass is 236 g/mol. The third kappa shape index (κ3) is 14.7. The Balaban J connectivity index is 3.22. The first-order chi connectivity index (χ1) is 8.27. The average molecular weight is 236 g/mol. The zero-order valence-corrected chi connectivity index (χ0v) is 10.8. The van der Waals surface area contributed by atoms with E-state index in [2.05, 4.69) is 24.3 Å². The van der Waals surface area contributed by atoms with Gasteiger partial charge >= 0.3 is 5.97 Å². The van der Waals surface area contributed by atoms with E-state index in [4.69, 9.17) is 5.11 Å². The summed E-state index contributed by atoms with van der Waals surface area (Å²) in [6, 6.07) is 0. The molecule has 96 valence electrons. The maximum Gasteiger partial charge on any atom is 0.303 e. The highest BCUT2D eigenvalue weighted by Crippen LogP contribution is 2.03. The van der Waals surface area contributed by atoms with Gasteiger partial charge in [-0.2, -0.15) is 0 Å². The first kappa shape index (κ1) is 15.7. The number of rotatable bonds is 10. The SMILES string of the molecule is C/C=C/C=C/CCCC/C=C/CCCC(=O)O. The van der Waals surface area contributed by atoms with E-state index in [0.29, 0.717) is 0 Å². The van der Waals surface area contributed by atoms with Gasteiger partial charge in [-0.1, -0.05) is 36.5 Å². The summed E-state index contributed by atoms with van der Waals surface area (Å²) >= 11 is 0. The number of allylic oxidation sites excluding steroid dienone is 6. The largest absolute Gasteiger partial charge is 0.481 e. The minimum absolute atomic E-state index is 0.278. The van der Waals surface area contributed by atoms with Crippen molar-refractivity contribution in [1.29, 1.82) is 0 Å². The van der Waals surface area contributed by atoms with Gasteiger partial charge in [0.25, 0.3) is 0 Å². The summed E-state index contributed by atoms with van der Waals surface area (Å²) in [5.41, 5.74) is 0. The van der Waals surface area contributed by atoms with Crippen LogP contribution in [0.25, 0.3) is 0 Å². The summed E-state index contributed by atoms with van der Waals surface area (Å²) in [5, 5.41) is 8.44. The summed E-state index contributed by atoms with van der Waals surface area (Å²) in [7, 11) is 0. The van der Waals surface area contributed by atoms with Crippen molar-refractivity contribution in [2.45, 2.75) is 51.9 Å². The highest BCUT2D eigenvalue weighted by molar-refractivity contribution is 5.66. The van der Waals surface area contributed by atoms with Crippen molar-refractivity contribution in [2.24, 2.45) is 0 Å². The number of carbonyl (C=O) groups is 1. The van der Waals surface area contributed by atoms with Crippen LogP contribution in [0.4, 0.5) is 0 Å². The van der Waals surface area contributed by atoms with E-state index in [1.807, 2.05) is 19.1 Å². The Labute approximate surface area is 105 Å². The molecule has 0 radical (unpaired) electrons. The van der Waals surface area contributed by atoms with Crippen molar-refractivity contribution in [3.63, 3.8) is 0 Å². The van der Waals surface area contributed by atoms with Crippen LogP contribution in [0.1, 0.15) is 51.9 Å². The van der Waals surface area contributed by atoms with E-state index in [1.165, 1.54) is 12.8 Å². The van der Waals surface area contributed by atoms with Gasteiger partial charge in [0.05, 0.1) is 0 Å². The summed E-state index contributed by atoms with van der Waals surface area (Å²) in [6.07, 6.45) is 19.2. The number of hydrogen-bond acceptors (Lipinski definition) is 1. The van der Waals surface area contributed by atoms with E-state index in [-0.39, 0.29) is 6.42 Å². The van der Waals surface area contributed by atoms with Gasteiger partial charge in [0, 0.05) is 6.42 Å². The molecular weight excluding hydrogens is 212 g/mol. The molecule has 2 nitrogen and oxygen atoms in total. The predicted octanol–water partition coefficient (Wildman–Crippen LogP) is 4.49. The molecule has 2 heteroatoms. The molecule has 0 aromatic carbocycles. The summed E-state index contributed by atoms with van der Waals surface area (Å²) in [4.78, 5) is 10.2. The molecule has 0 aliphatic heterocycles. The molecule has 0 aliphatic carbocycles. The molecule has 0 fully saturated rings. The van der Waals surface area contributed by atoms with Crippen molar-refractivity contribution in [3.8, 4) is 0 Å². The van der Waals surface area contributed by atoms with Gasteiger partial charge in [0.15, 0.2) is 0 Å². The average Bonchev–Trinajstić information content (AvgIpc) is 2.30. The second-order valence-electron chi connectivity index (χ2n) is 4.00. The fraction of sp³-hybridized carbons (Fsp3) is 0.533. The number of aliphatic carboxylic acids is 1. The van der Waals surface area contributed by atoms with E-state index in [1.54, 1.807) is 0 Å². The Morgan fingerprint density at radius 2 is 1.53 bits per heavy atom. The molecule has 0 aliphatic rings. The van der Waals surface area contributed by atoms with Crippen molar-refractivity contribution < 1.29 is 9.90 Å². The molecule has 0 bridgehead atoms. The van der Waals surface area contributed by atoms with Crippen LogP contribution in [0, 0.1) is 0 Å². The lowest BCUT2D eigenvalue weighted by molar-refractivity contribution is -0.137. The molecule has 1 N–H and O–H groups in total. The van der Waals surface area contributed by atoms with E-state index in [0.717, 1.165) is 25.7 Å². The van der Waals surface area contributed by atoms with E-state index >= 15 is 0 Å². The number of carboxylic acids is 1. The molecule has 0 saturated carbocycles. The first-order valence-electron chi connectivity index (χ1n) is 6.42. The zero-order valence-electron chi connectivity index (χ0n) is 10.8. The number of carboxylic acid groups (broad SMARTS) is 1. The van der Waals surface area contributed by atoms with E-state index in [9.17, 15) is 4.79 Å². The highest BCUT2D eigenvalue weighted by atomic mass is 16.4. The molecule has 0 amide bonds. The molecule has 0 atom stereocenters. The molecule has 0 aromatic rings. The van der Waals surface area contributed by atoms with Crippen molar-refractivity contribution in [1.82, 2.24) is 0 Å². The van der Waals surface area contributed by atoms with Crippen LogP contribution in [0.15, 0.2) is 36.5 Å². The Morgan fingerprint density at radius 3 is 2.12 bits per heavy atom. The van der Waals surface area contributed by atoms with Crippen LogP contribution < -0.4 is 0 Å². The van der Waals surface area contributed by atoms with Crippen LogP contribution in [0.5, 0.6) is 0 Å². The van der Waals surface area contributed by atoms with Crippen LogP contribution in [0.2, 0.25) is 0 Å². The van der Waals surface area contributed by atoms with Gasteiger partial charge in [0.2, 0.25) is 0 Å². The lowest BCUT2D eigenvalue weighted by Crippen LogP contribution is -1.92. The van der Waals surface area contributed by atoms with E-state index < -0.39 is 5.97 Å². The van der Waals surface area contributed by atoms with Gasteiger partial charge in [-0.25, -0.2) is 0 Å². The summed E-state index contributed by atoms with van der Waals surface area (Å²) in [5.74, 6) is -0.702. The highest BCUT2D eigenvalue weighted by Gasteiger charge is 1.92. The van der Waals surface area contributed by atoms with Crippen molar-refractivity contribution in [3.05, 3.63) is 36.5 Å². The third-order valence-corrected chi connectivity index (χ3v) is 2.36. The molecule has 0 rings (SSSR count). The maximum absolute atomic E-state index is 10.2. The molecule has 0 aromatic heterocycles. The zero-order chi connectivity index (χ0) is 12.8. The quantitative estimate of drug-likeness (QED) is 0.345. The number of unbranched alkanes of at least 4 members (excludes halogenated alkanes) is 4. The standard InChI is InChI=1S/C15H24O2/c1-2-3-4-5-6-7-8-9-10-11-12-13-14-15(16)17/h2-5,10-11H,6-9,12-14H2,1H3,(H,16,17)/b3-2+,5-4+,11-10+. The Bertz CT molecular complexity index is 262. The fourth-order valence-electron chi connectivity index (χ4n) is 1.42. The van der Waals surface area contributed by atoms with Crippen LogP contribution in [-0.4, -0.2) is 11.1 Å². The van der Waals surface area contributed by atoms with Gasteiger partial charge in [-0.3, -0.25) is 4.79 Å². The minimum Gasteiger partial charge on any atom is -0.481 e. The normalized spacial score (nSPS) is 12.1. The molecule has 17 heavy (non-hydrogen) atoms. The van der Waals surface area contributed by atoms with Gasteiger partial charge < -0.3 is 5.11 Å². The molecule has 0 saturated heterocycles. The Kier molecular flexibility index (Phi) is 11.8. The van der Waals surface area contributed by atoms with Gasteiger partial charge in [0.1, 0.15) is 0 Å². The topological polar surface area (TPSA) is 37.3 Å². The molecule has 0 spiro atoms. The van der Waals surface area contributed by atoms with Crippen molar-refractivity contribution in [2.75, 3.05) is 0 Å². The Morgan fingerprint density at radius 1 is 0.941 bits per heavy atom. The second kappa shape index (κ2) is 12.8. The lowest BCUT2D eigenvalue weighted by atomic mass is 10.1. The minimum atomic E-state index is -0.702. The summed E-state index contributed by atoms with van der Waals surface area (Å²) < 4.78 is 0. The molecular formula is C15H24O2. The Hall–Kier alpha value is -1.31. The second-order valence-corrected chi connectivity index (χ2v) is 4.00. The van der Waals surface area contributed by atoms with Crippen LogP contribution >= 0.6 is 0 Å². The number of hydrogen-bond donors (Lipinski definition) is 1. The summed E-state index contributed by atoms with van der Waals surface area (Å²) in [6.45, 7) is 2.01. The maximum atomic E-state index is 10.2. The lowest BCUT2D eigenvalue weighted by Gasteiger charge is -1.93. The van der Waals surface area contributed by atoms with Crippen LogP contribution in [-0.2, 0) is 4.79 Å². The fourth-order valence-corrected chi connectivity index (χ4v) is 1.42. The van der Waals surface area contributed by atoms with Crippen LogP contribution in [0.3, 0.4) is 0 Å². The van der Waals surface area contributed by atoms with Gasteiger partial charge in [-0.05, 0) is 45.4 Å². The van der Waals surface area contributed by atoms with Gasteiger partial charge in [-0.15, -0.1) is 0 Å². The molecule has 0 heterocycles. The smallest absolute Gasteiger partial charge is 0.303 e. The van der Waals surface area contributed by atoms with Crippen molar-refractivity contribution >= 4 is 5.97 Å².